The lowest BCUT2D eigenvalue weighted by atomic mass is 10.2. The monoisotopic (exact) mass is 290 g/mol. The number of nitrogens with two attached hydrogens (primary N) is 2. The zero-order valence-electron chi connectivity index (χ0n) is 11.4. The smallest absolute Gasteiger partial charge is 0.231 e. The average molecular weight is 290 g/mol. The molecule has 0 fully saturated rings. The second-order valence-corrected chi connectivity index (χ2v) is 5.68. The Hall–Kier alpha value is -1.92. The maximum atomic E-state index is 11.2. The van der Waals surface area contributed by atoms with Crippen LogP contribution in [0.25, 0.3) is 0 Å². The molecule has 2 rings (SSSR count). The Balaban J connectivity index is 2.06. The van der Waals surface area contributed by atoms with Crippen LogP contribution in [0, 0.1) is 6.92 Å². The summed E-state index contributed by atoms with van der Waals surface area (Å²) in [7, 11) is 0. The van der Waals surface area contributed by atoms with Crippen LogP contribution in [0.3, 0.4) is 0 Å². The van der Waals surface area contributed by atoms with Gasteiger partial charge in [0.2, 0.25) is 5.91 Å². The van der Waals surface area contributed by atoms with Crippen molar-refractivity contribution in [1.82, 2.24) is 9.88 Å². The lowest BCUT2D eigenvalue weighted by Gasteiger charge is -2.19. The fraction of sp³-hybridized carbons (Fsp3) is 0.286. The summed E-state index contributed by atoms with van der Waals surface area (Å²) in [5.74, 6) is -0.339. The third-order valence-electron chi connectivity index (χ3n) is 2.79. The Morgan fingerprint density at radius 2 is 2.00 bits per heavy atom. The predicted molar refractivity (Wildman–Crippen MR) is 81.0 cm³/mol. The molecule has 2 aromatic rings. The topological polar surface area (TPSA) is 85.2 Å². The molecule has 5 nitrogen and oxygen atoms in total. The molecule has 1 amide bonds. The van der Waals surface area contributed by atoms with E-state index in [9.17, 15) is 4.79 Å². The molecule has 0 saturated carbocycles. The van der Waals surface area contributed by atoms with Gasteiger partial charge < -0.3 is 11.5 Å². The summed E-state index contributed by atoms with van der Waals surface area (Å²) < 4.78 is 0. The van der Waals surface area contributed by atoms with Crippen molar-refractivity contribution in [3.05, 3.63) is 45.9 Å². The van der Waals surface area contributed by atoms with Crippen LogP contribution in [0.15, 0.2) is 29.6 Å². The van der Waals surface area contributed by atoms with E-state index < -0.39 is 0 Å². The van der Waals surface area contributed by atoms with E-state index in [1.54, 1.807) is 11.3 Å². The standard InChI is InChI=1S/C14H18N4OS/c1-10-9-20-14(17-10)8-18(7-13(16)19)6-11-2-4-12(15)5-3-11/h2-5,9H,6-8,15H2,1H3,(H2,16,19). The Labute approximate surface area is 122 Å². The van der Waals surface area contributed by atoms with Crippen LogP contribution in [-0.2, 0) is 17.9 Å². The molecule has 0 unspecified atom stereocenters. The number of aryl methyl sites for hydroxylation is 1. The zero-order chi connectivity index (χ0) is 14.5. The van der Waals surface area contributed by atoms with Gasteiger partial charge in [0, 0.05) is 23.3 Å². The number of aromatic nitrogens is 1. The number of anilines is 1. The number of benzene rings is 1. The maximum Gasteiger partial charge on any atom is 0.231 e. The van der Waals surface area contributed by atoms with Gasteiger partial charge in [-0.2, -0.15) is 0 Å². The first-order valence-corrected chi connectivity index (χ1v) is 7.17. The average Bonchev–Trinajstić information content (AvgIpc) is 2.77. The van der Waals surface area contributed by atoms with Crippen molar-refractivity contribution in [2.75, 3.05) is 12.3 Å². The molecule has 6 heteroatoms. The maximum absolute atomic E-state index is 11.2. The summed E-state index contributed by atoms with van der Waals surface area (Å²) in [5.41, 5.74) is 13.8. The van der Waals surface area contributed by atoms with E-state index in [2.05, 4.69) is 4.98 Å². The third kappa shape index (κ3) is 4.32. The van der Waals surface area contributed by atoms with Crippen LogP contribution in [0.2, 0.25) is 0 Å². The van der Waals surface area contributed by atoms with Crippen molar-refractivity contribution >= 4 is 22.9 Å². The minimum atomic E-state index is -0.339. The SMILES string of the molecule is Cc1csc(CN(CC(N)=O)Cc2ccc(N)cc2)n1. The van der Waals surface area contributed by atoms with E-state index in [4.69, 9.17) is 11.5 Å². The number of rotatable bonds is 6. The lowest BCUT2D eigenvalue weighted by Crippen LogP contribution is -2.33. The molecule has 1 aromatic carbocycles. The van der Waals surface area contributed by atoms with Gasteiger partial charge in [-0.1, -0.05) is 12.1 Å². The van der Waals surface area contributed by atoms with Crippen molar-refractivity contribution in [2.45, 2.75) is 20.0 Å². The van der Waals surface area contributed by atoms with Crippen molar-refractivity contribution in [3.8, 4) is 0 Å². The van der Waals surface area contributed by atoms with Gasteiger partial charge in [0.05, 0.1) is 13.1 Å². The number of hydrogen-bond donors (Lipinski definition) is 2. The van der Waals surface area contributed by atoms with Crippen LogP contribution < -0.4 is 11.5 Å². The zero-order valence-corrected chi connectivity index (χ0v) is 12.2. The summed E-state index contributed by atoms with van der Waals surface area (Å²) in [6.45, 7) is 3.43. The molecule has 0 radical (unpaired) electrons. The molecule has 1 aromatic heterocycles. The highest BCUT2D eigenvalue weighted by Gasteiger charge is 2.12. The first-order valence-electron chi connectivity index (χ1n) is 6.29. The van der Waals surface area contributed by atoms with Crippen molar-refractivity contribution < 1.29 is 4.79 Å². The molecule has 106 valence electrons. The van der Waals surface area contributed by atoms with Crippen molar-refractivity contribution in [1.29, 1.82) is 0 Å². The van der Waals surface area contributed by atoms with E-state index in [0.717, 1.165) is 22.0 Å². The number of nitrogens with zero attached hydrogens (tertiary/aromatic N) is 2. The van der Waals surface area contributed by atoms with Gasteiger partial charge in [-0.25, -0.2) is 4.98 Å². The molecule has 0 spiro atoms. The van der Waals surface area contributed by atoms with Crippen LogP contribution in [0.1, 0.15) is 16.3 Å². The van der Waals surface area contributed by atoms with Crippen LogP contribution in [0.4, 0.5) is 5.69 Å². The first-order chi connectivity index (χ1) is 9.52. The normalized spacial score (nSPS) is 10.9. The molecule has 1 heterocycles. The summed E-state index contributed by atoms with van der Waals surface area (Å²) in [6.07, 6.45) is 0. The van der Waals surface area contributed by atoms with Gasteiger partial charge in [-0.3, -0.25) is 9.69 Å². The Morgan fingerprint density at radius 1 is 1.30 bits per heavy atom. The molecular formula is C14H18N4OS. The minimum absolute atomic E-state index is 0.211. The van der Waals surface area contributed by atoms with Crippen LogP contribution >= 0.6 is 11.3 Å². The fourth-order valence-corrected chi connectivity index (χ4v) is 2.75. The molecule has 0 aliphatic heterocycles. The Kier molecular flexibility index (Phi) is 4.70. The number of hydrogen-bond acceptors (Lipinski definition) is 5. The van der Waals surface area contributed by atoms with Gasteiger partial charge in [0.25, 0.3) is 0 Å². The summed E-state index contributed by atoms with van der Waals surface area (Å²) >= 11 is 1.59. The summed E-state index contributed by atoms with van der Waals surface area (Å²) in [6, 6.07) is 7.61. The number of nitrogen functional groups attached to an aromatic ring is 1. The van der Waals surface area contributed by atoms with E-state index in [0.29, 0.717) is 13.1 Å². The molecule has 0 aliphatic carbocycles. The molecule has 0 saturated heterocycles. The molecule has 20 heavy (non-hydrogen) atoms. The molecule has 4 N–H and O–H groups in total. The number of carbonyl (C=O) groups is 1. The molecule has 0 bridgehead atoms. The second kappa shape index (κ2) is 6.49. The lowest BCUT2D eigenvalue weighted by molar-refractivity contribution is -0.119. The van der Waals surface area contributed by atoms with Gasteiger partial charge in [0.1, 0.15) is 5.01 Å². The second-order valence-electron chi connectivity index (χ2n) is 4.74. The number of carbonyl (C=O) groups excluding carboxylic acids is 1. The fourth-order valence-electron chi connectivity index (χ4n) is 1.94. The highest BCUT2D eigenvalue weighted by Crippen LogP contribution is 2.14. The van der Waals surface area contributed by atoms with Gasteiger partial charge in [0.15, 0.2) is 0 Å². The third-order valence-corrected chi connectivity index (χ3v) is 3.74. The summed E-state index contributed by atoms with van der Waals surface area (Å²) in [5, 5.41) is 2.99. The molecule has 0 aliphatic rings. The van der Waals surface area contributed by atoms with Crippen molar-refractivity contribution in [2.24, 2.45) is 5.73 Å². The first kappa shape index (κ1) is 14.5. The van der Waals surface area contributed by atoms with Gasteiger partial charge in [-0.05, 0) is 24.6 Å². The Morgan fingerprint density at radius 3 is 2.55 bits per heavy atom. The Bertz CT molecular complexity index is 579. The van der Waals surface area contributed by atoms with Crippen LogP contribution in [0.5, 0.6) is 0 Å². The molecular weight excluding hydrogens is 272 g/mol. The van der Waals surface area contributed by atoms with E-state index in [1.807, 2.05) is 41.5 Å². The molecule has 0 atom stereocenters. The van der Waals surface area contributed by atoms with E-state index >= 15 is 0 Å². The number of thiazole rings is 1. The van der Waals surface area contributed by atoms with Crippen LogP contribution in [-0.4, -0.2) is 22.3 Å². The highest BCUT2D eigenvalue weighted by molar-refractivity contribution is 7.09. The number of primary amides is 1. The van der Waals surface area contributed by atoms with Gasteiger partial charge in [-0.15, -0.1) is 11.3 Å². The quantitative estimate of drug-likeness (QED) is 0.790. The van der Waals surface area contributed by atoms with E-state index in [-0.39, 0.29) is 12.5 Å². The van der Waals surface area contributed by atoms with Crippen molar-refractivity contribution in [3.63, 3.8) is 0 Å². The summed E-state index contributed by atoms with van der Waals surface area (Å²) in [4.78, 5) is 17.6. The highest BCUT2D eigenvalue weighted by atomic mass is 32.1. The predicted octanol–water partition coefficient (Wildman–Crippen LogP) is 1.52. The van der Waals surface area contributed by atoms with Gasteiger partial charge >= 0.3 is 0 Å². The number of amides is 1. The minimum Gasteiger partial charge on any atom is -0.399 e. The van der Waals surface area contributed by atoms with E-state index in [1.165, 1.54) is 0 Å². The largest absolute Gasteiger partial charge is 0.399 e.